The van der Waals surface area contributed by atoms with E-state index in [-0.39, 0.29) is 6.54 Å². The molecule has 1 N–H and O–H groups in total. The number of anilines is 1. The second kappa shape index (κ2) is 5.16. The zero-order valence-corrected chi connectivity index (χ0v) is 9.11. The number of rotatable bonds is 5. The van der Waals surface area contributed by atoms with Gasteiger partial charge in [-0.15, -0.1) is 0 Å². The van der Waals surface area contributed by atoms with Gasteiger partial charge in [-0.05, 0) is 12.1 Å². The predicted octanol–water partition coefficient (Wildman–Crippen LogP) is 1.77. The molecule has 0 saturated carbocycles. The van der Waals surface area contributed by atoms with E-state index in [9.17, 15) is 4.79 Å². The van der Waals surface area contributed by atoms with E-state index in [4.69, 9.17) is 9.63 Å². The quantitative estimate of drug-likeness (QED) is 0.850. The van der Waals surface area contributed by atoms with Crippen LogP contribution in [0.5, 0.6) is 0 Å². The molecule has 0 fully saturated rings. The fourth-order valence-electron chi connectivity index (χ4n) is 1.57. The van der Waals surface area contributed by atoms with Gasteiger partial charge >= 0.3 is 5.97 Å². The Labute approximate surface area is 98.3 Å². The number of hydrogen-bond donors (Lipinski definition) is 1. The highest BCUT2D eigenvalue weighted by Crippen LogP contribution is 2.16. The average molecular weight is 232 g/mol. The SMILES string of the molecule is O=C(O)CN(Cc1cnoc1)c1ccccc1. The van der Waals surface area contributed by atoms with Gasteiger partial charge < -0.3 is 14.5 Å². The maximum absolute atomic E-state index is 10.8. The van der Waals surface area contributed by atoms with Crippen LogP contribution in [0, 0.1) is 0 Å². The van der Waals surface area contributed by atoms with E-state index < -0.39 is 5.97 Å². The number of carboxylic acids is 1. The van der Waals surface area contributed by atoms with Gasteiger partial charge in [0.05, 0.1) is 6.20 Å². The summed E-state index contributed by atoms with van der Waals surface area (Å²) in [4.78, 5) is 12.6. The first-order chi connectivity index (χ1) is 8.25. The molecule has 1 heterocycles. The van der Waals surface area contributed by atoms with Crippen molar-refractivity contribution in [2.24, 2.45) is 0 Å². The third-order valence-electron chi connectivity index (χ3n) is 2.30. The summed E-state index contributed by atoms with van der Waals surface area (Å²) in [7, 11) is 0. The summed E-state index contributed by atoms with van der Waals surface area (Å²) < 4.78 is 4.73. The van der Waals surface area contributed by atoms with Crippen LogP contribution in [0.2, 0.25) is 0 Å². The summed E-state index contributed by atoms with van der Waals surface area (Å²) in [6.07, 6.45) is 3.09. The van der Waals surface area contributed by atoms with Crippen molar-refractivity contribution in [1.29, 1.82) is 0 Å². The molecule has 17 heavy (non-hydrogen) atoms. The Hall–Kier alpha value is -2.30. The van der Waals surface area contributed by atoms with Gasteiger partial charge in [0.25, 0.3) is 0 Å². The lowest BCUT2D eigenvalue weighted by Gasteiger charge is -2.21. The van der Waals surface area contributed by atoms with Crippen LogP contribution >= 0.6 is 0 Å². The fraction of sp³-hybridized carbons (Fsp3) is 0.167. The summed E-state index contributed by atoms with van der Waals surface area (Å²) in [6, 6.07) is 9.38. The van der Waals surface area contributed by atoms with Crippen molar-refractivity contribution in [1.82, 2.24) is 5.16 Å². The number of hydrogen-bond acceptors (Lipinski definition) is 4. The standard InChI is InChI=1S/C12H12N2O3/c15-12(16)8-14(7-10-6-13-17-9-10)11-4-2-1-3-5-11/h1-6,9H,7-8H2,(H,15,16). The van der Waals surface area contributed by atoms with Gasteiger partial charge in [0.15, 0.2) is 0 Å². The molecule has 5 nitrogen and oxygen atoms in total. The first kappa shape index (κ1) is 11.2. The van der Waals surface area contributed by atoms with Crippen molar-refractivity contribution in [2.75, 3.05) is 11.4 Å². The highest BCUT2D eigenvalue weighted by Gasteiger charge is 2.11. The van der Waals surface area contributed by atoms with E-state index in [0.29, 0.717) is 6.54 Å². The maximum atomic E-state index is 10.8. The second-order valence-electron chi connectivity index (χ2n) is 3.62. The summed E-state index contributed by atoms with van der Waals surface area (Å²) in [6.45, 7) is 0.398. The largest absolute Gasteiger partial charge is 0.480 e. The molecule has 0 aliphatic carbocycles. The van der Waals surface area contributed by atoms with Crippen molar-refractivity contribution in [2.45, 2.75) is 6.54 Å². The molecule has 0 radical (unpaired) electrons. The van der Waals surface area contributed by atoms with Crippen molar-refractivity contribution in [3.63, 3.8) is 0 Å². The normalized spacial score (nSPS) is 10.1. The van der Waals surface area contributed by atoms with Gasteiger partial charge in [0, 0.05) is 17.8 Å². The van der Waals surface area contributed by atoms with E-state index in [0.717, 1.165) is 11.3 Å². The molecule has 0 atom stereocenters. The highest BCUT2D eigenvalue weighted by molar-refractivity contribution is 5.73. The summed E-state index contributed by atoms with van der Waals surface area (Å²) >= 11 is 0. The Morgan fingerprint density at radius 1 is 1.35 bits per heavy atom. The van der Waals surface area contributed by atoms with Crippen LogP contribution < -0.4 is 4.90 Å². The van der Waals surface area contributed by atoms with Crippen LogP contribution in [0.15, 0.2) is 47.3 Å². The first-order valence-corrected chi connectivity index (χ1v) is 5.16. The highest BCUT2D eigenvalue weighted by atomic mass is 16.5. The number of para-hydroxylation sites is 1. The predicted molar refractivity (Wildman–Crippen MR) is 61.6 cm³/mol. The summed E-state index contributed by atoms with van der Waals surface area (Å²) in [5.41, 5.74) is 1.70. The van der Waals surface area contributed by atoms with Crippen LogP contribution in [0.1, 0.15) is 5.56 Å². The number of aromatic nitrogens is 1. The lowest BCUT2D eigenvalue weighted by atomic mass is 10.2. The van der Waals surface area contributed by atoms with Crippen molar-refractivity contribution in [3.8, 4) is 0 Å². The van der Waals surface area contributed by atoms with Crippen LogP contribution in [0.3, 0.4) is 0 Å². The molecule has 1 aromatic carbocycles. The van der Waals surface area contributed by atoms with E-state index in [1.807, 2.05) is 30.3 Å². The molecule has 0 spiro atoms. The summed E-state index contributed by atoms with van der Waals surface area (Å²) in [5, 5.41) is 12.5. The molecular formula is C12H12N2O3. The minimum absolute atomic E-state index is 0.0603. The van der Waals surface area contributed by atoms with E-state index in [1.165, 1.54) is 6.26 Å². The Balaban J connectivity index is 2.16. The lowest BCUT2D eigenvalue weighted by molar-refractivity contribution is -0.135. The third kappa shape index (κ3) is 3.07. The van der Waals surface area contributed by atoms with Gasteiger partial charge in [-0.25, -0.2) is 0 Å². The molecule has 0 unspecified atom stereocenters. The van der Waals surface area contributed by atoms with Crippen LogP contribution in [-0.2, 0) is 11.3 Å². The fourth-order valence-corrected chi connectivity index (χ4v) is 1.57. The Morgan fingerprint density at radius 2 is 2.12 bits per heavy atom. The minimum atomic E-state index is -0.870. The topological polar surface area (TPSA) is 66.6 Å². The van der Waals surface area contributed by atoms with Gasteiger partial charge in [0.1, 0.15) is 12.8 Å². The van der Waals surface area contributed by atoms with Crippen LogP contribution in [0.4, 0.5) is 5.69 Å². The molecular weight excluding hydrogens is 220 g/mol. The molecule has 0 aliphatic rings. The van der Waals surface area contributed by atoms with Gasteiger partial charge in [-0.2, -0.15) is 0 Å². The van der Waals surface area contributed by atoms with E-state index >= 15 is 0 Å². The molecule has 1 aromatic heterocycles. The van der Waals surface area contributed by atoms with E-state index in [2.05, 4.69) is 5.16 Å². The van der Waals surface area contributed by atoms with Crippen molar-refractivity contribution in [3.05, 3.63) is 48.4 Å². The van der Waals surface area contributed by atoms with Gasteiger partial charge in [-0.1, -0.05) is 23.4 Å². The lowest BCUT2D eigenvalue weighted by Crippen LogP contribution is -2.28. The number of aliphatic carboxylic acids is 1. The molecule has 5 heteroatoms. The number of carbonyl (C=O) groups is 1. The molecule has 2 aromatic rings. The molecule has 0 amide bonds. The van der Waals surface area contributed by atoms with E-state index in [1.54, 1.807) is 11.1 Å². The van der Waals surface area contributed by atoms with Crippen molar-refractivity contribution < 1.29 is 14.4 Å². The Kier molecular flexibility index (Phi) is 3.40. The van der Waals surface area contributed by atoms with Crippen molar-refractivity contribution >= 4 is 11.7 Å². The number of benzene rings is 1. The first-order valence-electron chi connectivity index (χ1n) is 5.16. The Bertz CT molecular complexity index is 468. The molecule has 2 rings (SSSR count). The number of nitrogens with zero attached hydrogens (tertiary/aromatic N) is 2. The minimum Gasteiger partial charge on any atom is -0.480 e. The third-order valence-corrected chi connectivity index (χ3v) is 2.30. The Morgan fingerprint density at radius 3 is 2.71 bits per heavy atom. The van der Waals surface area contributed by atoms with Crippen LogP contribution in [-0.4, -0.2) is 22.8 Å². The molecule has 88 valence electrons. The summed E-state index contributed by atoms with van der Waals surface area (Å²) in [5.74, 6) is -0.870. The van der Waals surface area contributed by atoms with Gasteiger partial charge in [0.2, 0.25) is 0 Å². The van der Waals surface area contributed by atoms with Crippen LogP contribution in [0.25, 0.3) is 0 Å². The second-order valence-corrected chi connectivity index (χ2v) is 3.62. The number of carboxylic acid groups (broad SMARTS) is 1. The smallest absolute Gasteiger partial charge is 0.323 e. The zero-order chi connectivity index (χ0) is 12.1. The molecule has 0 aliphatic heterocycles. The van der Waals surface area contributed by atoms with Gasteiger partial charge in [-0.3, -0.25) is 4.79 Å². The molecule has 0 bridgehead atoms. The molecule has 0 saturated heterocycles. The zero-order valence-electron chi connectivity index (χ0n) is 9.11. The monoisotopic (exact) mass is 232 g/mol. The average Bonchev–Trinajstić information content (AvgIpc) is 2.82. The maximum Gasteiger partial charge on any atom is 0.323 e.